The topological polar surface area (TPSA) is 220 Å². The monoisotopic (exact) mass is 591 g/mol. The summed E-state index contributed by atoms with van der Waals surface area (Å²) in [5.41, 5.74) is 0.273. The number of aromatic nitrogens is 3. The van der Waals surface area contributed by atoms with Gasteiger partial charge < -0.3 is 45.0 Å². The Kier molecular flexibility index (Phi) is 10.1. The van der Waals surface area contributed by atoms with Gasteiger partial charge in [0.05, 0.1) is 35.0 Å². The van der Waals surface area contributed by atoms with Gasteiger partial charge in [0.2, 0.25) is 0 Å². The van der Waals surface area contributed by atoms with Gasteiger partial charge >= 0.3 is 17.4 Å². The Balaban J connectivity index is 0.000000175. The van der Waals surface area contributed by atoms with Gasteiger partial charge in [-0.25, -0.2) is 15.0 Å². The molecule has 6 aromatic rings. The van der Waals surface area contributed by atoms with E-state index in [0.29, 0.717) is 16.2 Å². The zero-order valence-electron chi connectivity index (χ0n) is 21.9. The van der Waals surface area contributed by atoms with Gasteiger partial charge in [0.15, 0.2) is 0 Å². The number of rotatable bonds is 3. The molecule has 13 heteroatoms. The number of aromatic carboxylic acids is 3. The van der Waals surface area contributed by atoms with Gasteiger partial charge in [-0.3, -0.25) is 0 Å². The molecule has 0 aliphatic carbocycles. The summed E-state index contributed by atoms with van der Waals surface area (Å²) in [6.45, 7) is 0. The first-order valence-corrected chi connectivity index (χ1v) is 12.0. The number of carbonyl (C=O) groups is 3. The van der Waals surface area contributed by atoms with Crippen LogP contribution in [0.5, 0.6) is 17.2 Å². The molecule has 3 heterocycles. The van der Waals surface area contributed by atoms with Crippen molar-refractivity contribution in [3.05, 3.63) is 108 Å². The number of phenols is 3. The molecule has 3 aromatic carbocycles. The third kappa shape index (κ3) is 7.50. The maximum atomic E-state index is 10.5. The Morgan fingerprint density at radius 1 is 0.442 bits per heavy atom. The van der Waals surface area contributed by atoms with Crippen molar-refractivity contribution in [3.63, 3.8) is 0 Å². The standard InChI is InChI=1S/3C10H7NO3.Al/c3*12-8-3-1-2-6-4-5-7(10(13)14)11-9(6)8;/h3*1-5,12H,(H,13,14);/q;;;+3/p-3. The second kappa shape index (κ2) is 13.7. The zero-order chi connectivity index (χ0) is 30.4. The first-order chi connectivity index (χ1) is 20.0. The number of para-hydroxylation sites is 3. The summed E-state index contributed by atoms with van der Waals surface area (Å²) in [5.74, 6) is -4.16. The Morgan fingerprint density at radius 3 is 0.930 bits per heavy atom. The molecule has 0 radical (unpaired) electrons. The minimum atomic E-state index is -1.35. The molecule has 12 nitrogen and oxygen atoms in total. The van der Waals surface area contributed by atoms with E-state index in [1.54, 1.807) is 54.6 Å². The Morgan fingerprint density at radius 2 is 0.698 bits per heavy atom. The molecule has 0 aliphatic rings. The van der Waals surface area contributed by atoms with Crippen LogP contribution >= 0.6 is 0 Å². The van der Waals surface area contributed by atoms with Gasteiger partial charge in [0.25, 0.3) is 0 Å². The van der Waals surface area contributed by atoms with E-state index >= 15 is 0 Å². The van der Waals surface area contributed by atoms with Crippen LogP contribution in [0.1, 0.15) is 31.5 Å². The predicted octanol–water partition coefficient (Wildman–Crippen LogP) is 0.531. The third-order valence-electron chi connectivity index (χ3n) is 5.72. The van der Waals surface area contributed by atoms with Crippen molar-refractivity contribution in [2.24, 2.45) is 0 Å². The smallest absolute Gasteiger partial charge is 0.543 e. The fourth-order valence-corrected chi connectivity index (χ4v) is 3.74. The van der Waals surface area contributed by atoms with Gasteiger partial charge in [-0.1, -0.05) is 54.6 Å². The van der Waals surface area contributed by atoms with Crippen LogP contribution in [0.15, 0.2) is 91.0 Å². The van der Waals surface area contributed by atoms with E-state index in [0.717, 1.165) is 0 Å². The second-order valence-electron chi connectivity index (χ2n) is 8.50. The van der Waals surface area contributed by atoms with Crippen LogP contribution in [0.2, 0.25) is 0 Å². The molecule has 0 amide bonds. The summed E-state index contributed by atoms with van der Waals surface area (Å²) in [6.07, 6.45) is 0. The zero-order valence-corrected chi connectivity index (χ0v) is 23.0. The van der Waals surface area contributed by atoms with Gasteiger partial charge in [-0.15, -0.1) is 0 Å². The number of hydrogen-bond donors (Lipinski definition) is 3. The summed E-state index contributed by atoms with van der Waals surface area (Å²) < 4.78 is 0. The molecule has 0 bridgehead atoms. The summed E-state index contributed by atoms with van der Waals surface area (Å²) in [7, 11) is 0. The second-order valence-corrected chi connectivity index (χ2v) is 8.50. The van der Waals surface area contributed by atoms with Gasteiger partial charge in [-0.2, -0.15) is 0 Å². The van der Waals surface area contributed by atoms with E-state index in [1.165, 1.54) is 36.4 Å². The van der Waals surface area contributed by atoms with Gasteiger partial charge in [-0.05, 0) is 36.4 Å². The number of benzene rings is 3. The van der Waals surface area contributed by atoms with Gasteiger partial charge in [0.1, 0.15) is 33.8 Å². The first-order valence-electron chi connectivity index (χ1n) is 12.0. The van der Waals surface area contributed by atoms with Crippen molar-refractivity contribution in [2.75, 3.05) is 0 Å². The molecule has 43 heavy (non-hydrogen) atoms. The van der Waals surface area contributed by atoms with Crippen LogP contribution in [-0.4, -0.2) is 65.5 Å². The molecule has 210 valence electrons. The Hall–Kier alpha value is -5.77. The SMILES string of the molecule is O=C([O-])c1ccc2cccc(O)c2n1.O=C([O-])c1ccc2cccc(O)c2n1.O=C([O-])c1ccc2cccc(O)c2n1.[Al+3]. The van der Waals surface area contributed by atoms with E-state index in [4.69, 9.17) is 0 Å². The van der Waals surface area contributed by atoms with Crippen molar-refractivity contribution in [3.8, 4) is 17.2 Å². The van der Waals surface area contributed by atoms with Crippen LogP contribution in [0, 0.1) is 0 Å². The molecule has 0 unspecified atom stereocenters. The number of carbonyl (C=O) groups excluding carboxylic acids is 3. The quantitative estimate of drug-likeness (QED) is 0.240. The Bertz CT molecular complexity index is 1760. The minimum absolute atomic E-state index is 0. The van der Waals surface area contributed by atoms with Crippen LogP contribution in [0.3, 0.4) is 0 Å². The third-order valence-corrected chi connectivity index (χ3v) is 5.72. The van der Waals surface area contributed by atoms with E-state index in [1.807, 2.05) is 0 Å². The minimum Gasteiger partial charge on any atom is -0.543 e. The van der Waals surface area contributed by atoms with Crippen LogP contribution in [0.25, 0.3) is 32.7 Å². The molecule has 0 fully saturated rings. The van der Waals surface area contributed by atoms with Crippen molar-refractivity contribution in [1.29, 1.82) is 0 Å². The summed E-state index contributed by atoms with van der Waals surface area (Å²) in [6, 6.07) is 23.3. The molecular weight excluding hydrogens is 573 g/mol. The van der Waals surface area contributed by atoms with Crippen molar-refractivity contribution < 1.29 is 45.0 Å². The number of nitrogens with zero attached hydrogens (tertiary/aromatic N) is 3. The average Bonchev–Trinajstić information content (AvgIpc) is 2.98. The van der Waals surface area contributed by atoms with Gasteiger partial charge in [0, 0.05) is 16.2 Å². The molecule has 3 N–H and O–H groups in total. The normalized spacial score (nSPS) is 10.0. The molecule has 0 aliphatic heterocycles. The molecule has 6 rings (SSSR count). The summed E-state index contributed by atoms with van der Waals surface area (Å²) in [5, 5.41) is 61.8. The summed E-state index contributed by atoms with van der Waals surface area (Å²) >= 11 is 0. The Labute approximate surface area is 252 Å². The van der Waals surface area contributed by atoms with Crippen molar-refractivity contribution >= 4 is 68.0 Å². The molecule has 0 spiro atoms. The number of aromatic hydroxyl groups is 3. The number of carboxylic acid groups (broad SMARTS) is 3. The molecule has 0 saturated carbocycles. The van der Waals surface area contributed by atoms with Crippen molar-refractivity contribution in [1.82, 2.24) is 15.0 Å². The average molecular weight is 591 g/mol. The predicted molar refractivity (Wildman–Crippen MR) is 149 cm³/mol. The van der Waals surface area contributed by atoms with Crippen LogP contribution < -0.4 is 15.3 Å². The van der Waals surface area contributed by atoms with Crippen molar-refractivity contribution in [2.45, 2.75) is 0 Å². The largest absolute Gasteiger partial charge is 3.00 e. The maximum absolute atomic E-state index is 10.5. The van der Waals surface area contributed by atoms with Crippen LogP contribution in [-0.2, 0) is 0 Å². The van der Waals surface area contributed by atoms with Crippen LogP contribution in [0.4, 0.5) is 0 Å². The maximum Gasteiger partial charge on any atom is 3.00 e. The first kappa shape index (κ1) is 31.8. The fraction of sp³-hybridized carbons (Fsp3) is 0. The van der Waals surface area contributed by atoms with E-state index < -0.39 is 17.9 Å². The van der Waals surface area contributed by atoms with E-state index in [-0.39, 0.29) is 68.2 Å². The molecule has 0 saturated heterocycles. The molecule has 3 aromatic heterocycles. The fourth-order valence-electron chi connectivity index (χ4n) is 3.74. The van der Waals surface area contributed by atoms with E-state index in [2.05, 4.69) is 15.0 Å². The number of pyridine rings is 3. The summed E-state index contributed by atoms with van der Waals surface area (Å²) in [4.78, 5) is 42.8. The van der Waals surface area contributed by atoms with E-state index in [9.17, 15) is 45.0 Å². The number of fused-ring (bicyclic) bond motifs is 3. The molecular formula is C30H18AlN3O9. The number of hydrogen-bond acceptors (Lipinski definition) is 12. The number of phenolic OH excluding ortho intramolecular Hbond substituents is 3. The number of carboxylic acids is 3. The molecule has 0 atom stereocenters.